The maximum atomic E-state index is 11.3. The van der Waals surface area contributed by atoms with Crippen LogP contribution in [0.25, 0.3) is 0 Å². The van der Waals surface area contributed by atoms with Crippen molar-refractivity contribution in [3.8, 4) is 0 Å². The Kier molecular flexibility index (Phi) is 4.05. The van der Waals surface area contributed by atoms with Crippen molar-refractivity contribution in [2.45, 2.75) is 25.8 Å². The summed E-state index contributed by atoms with van der Waals surface area (Å²) in [4.78, 5) is 24.3. The highest BCUT2D eigenvalue weighted by Crippen LogP contribution is 2.17. The van der Waals surface area contributed by atoms with Crippen molar-refractivity contribution in [3.05, 3.63) is 0 Å². The van der Waals surface area contributed by atoms with Gasteiger partial charge in [0.25, 0.3) is 5.91 Å². The number of hydrazine groups is 1. The van der Waals surface area contributed by atoms with Crippen molar-refractivity contribution in [1.29, 1.82) is 0 Å². The number of carbonyl (C=O) groups excluding carboxylic acids is 2. The van der Waals surface area contributed by atoms with Crippen LogP contribution in [0.5, 0.6) is 0 Å². The number of hydrogen-bond donors (Lipinski definition) is 3. The maximum Gasteiger partial charge on any atom is 0.250 e. The Balaban J connectivity index is 2.55. The number of carbonyl (C=O) groups is 2. The average Bonchev–Trinajstić information content (AvgIpc) is 2.27. The predicted molar refractivity (Wildman–Crippen MR) is 55.3 cm³/mol. The van der Waals surface area contributed by atoms with Crippen molar-refractivity contribution in [2.75, 3.05) is 13.1 Å². The van der Waals surface area contributed by atoms with Crippen molar-refractivity contribution in [2.24, 2.45) is 17.5 Å². The monoisotopic (exact) mass is 214 g/mol. The van der Waals surface area contributed by atoms with Gasteiger partial charge in [0.05, 0.1) is 12.0 Å². The van der Waals surface area contributed by atoms with E-state index in [2.05, 4.69) is 5.43 Å². The van der Waals surface area contributed by atoms with E-state index in [4.69, 9.17) is 11.6 Å². The summed E-state index contributed by atoms with van der Waals surface area (Å²) < 4.78 is 0. The number of rotatable bonds is 3. The first-order valence-corrected chi connectivity index (χ1v) is 5.10. The molecule has 1 fully saturated rings. The number of hydrogen-bond acceptors (Lipinski definition) is 4. The maximum absolute atomic E-state index is 11.3. The minimum absolute atomic E-state index is 0.147. The quantitative estimate of drug-likeness (QED) is 0.304. The summed E-state index contributed by atoms with van der Waals surface area (Å²) in [6.07, 6.45) is 1.69. The predicted octanol–water partition coefficient (Wildman–Crippen LogP) is -1.44. The third-order valence-corrected chi connectivity index (χ3v) is 2.92. The zero-order chi connectivity index (χ0) is 11.4. The van der Waals surface area contributed by atoms with E-state index >= 15 is 0 Å². The Morgan fingerprint density at radius 3 is 2.73 bits per heavy atom. The summed E-state index contributed by atoms with van der Waals surface area (Å²) in [7, 11) is 0. The summed E-state index contributed by atoms with van der Waals surface area (Å²) in [5, 5.41) is 0. The fourth-order valence-electron chi connectivity index (χ4n) is 1.88. The molecule has 86 valence electrons. The molecule has 0 bridgehead atoms. The fraction of sp³-hybridized carbons (Fsp3) is 0.778. The molecule has 1 aliphatic heterocycles. The first-order valence-electron chi connectivity index (χ1n) is 5.10. The molecule has 0 saturated carbocycles. The molecule has 1 saturated heterocycles. The van der Waals surface area contributed by atoms with Crippen LogP contribution in [0.3, 0.4) is 0 Å². The highest BCUT2D eigenvalue weighted by Gasteiger charge is 2.29. The van der Waals surface area contributed by atoms with Gasteiger partial charge in [-0.3, -0.25) is 19.9 Å². The molecule has 2 amide bonds. The molecule has 6 nitrogen and oxygen atoms in total. The number of likely N-dealkylation sites (tertiary alicyclic amines) is 1. The molecule has 2 unspecified atom stereocenters. The van der Waals surface area contributed by atoms with Crippen LogP contribution in [0.2, 0.25) is 0 Å². The average molecular weight is 214 g/mol. The highest BCUT2D eigenvalue weighted by molar-refractivity contribution is 5.81. The lowest BCUT2D eigenvalue weighted by Gasteiger charge is -2.34. The summed E-state index contributed by atoms with van der Waals surface area (Å²) in [5.74, 6) is 4.38. The summed E-state index contributed by atoms with van der Waals surface area (Å²) in [6.45, 7) is 3.12. The van der Waals surface area contributed by atoms with Crippen molar-refractivity contribution >= 4 is 11.8 Å². The van der Waals surface area contributed by atoms with E-state index in [9.17, 15) is 9.59 Å². The Morgan fingerprint density at radius 1 is 1.53 bits per heavy atom. The van der Waals surface area contributed by atoms with Gasteiger partial charge in [-0.1, -0.05) is 0 Å². The third kappa shape index (κ3) is 2.90. The first kappa shape index (κ1) is 11.9. The van der Waals surface area contributed by atoms with E-state index in [1.54, 1.807) is 6.92 Å². The van der Waals surface area contributed by atoms with E-state index in [0.29, 0.717) is 6.54 Å². The van der Waals surface area contributed by atoms with Crippen LogP contribution in [-0.4, -0.2) is 35.8 Å². The summed E-state index contributed by atoms with van der Waals surface area (Å²) in [6, 6.07) is -0.308. The number of nitrogens with two attached hydrogens (primary N) is 2. The van der Waals surface area contributed by atoms with Gasteiger partial charge in [0, 0.05) is 6.54 Å². The number of nitrogens with one attached hydrogen (secondary N) is 1. The molecule has 0 spiro atoms. The molecule has 5 N–H and O–H groups in total. The number of piperidine rings is 1. The van der Waals surface area contributed by atoms with Gasteiger partial charge >= 0.3 is 0 Å². The van der Waals surface area contributed by atoms with Crippen LogP contribution < -0.4 is 17.0 Å². The van der Waals surface area contributed by atoms with Crippen LogP contribution in [0.15, 0.2) is 0 Å². The van der Waals surface area contributed by atoms with Gasteiger partial charge in [0.15, 0.2) is 0 Å². The fourth-order valence-corrected chi connectivity index (χ4v) is 1.88. The summed E-state index contributed by atoms with van der Waals surface area (Å²) in [5.41, 5.74) is 7.36. The third-order valence-electron chi connectivity index (χ3n) is 2.92. The first-order chi connectivity index (χ1) is 7.06. The number of nitrogens with zero attached hydrogens (tertiary/aromatic N) is 1. The molecule has 2 atom stereocenters. The molecule has 6 heteroatoms. The van der Waals surface area contributed by atoms with E-state index < -0.39 is 0 Å². The zero-order valence-corrected chi connectivity index (χ0v) is 8.90. The van der Waals surface area contributed by atoms with Crippen molar-refractivity contribution in [1.82, 2.24) is 10.3 Å². The molecular formula is C9H18N4O2. The Morgan fingerprint density at radius 2 is 2.20 bits per heavy atom. The van der Waals surface area contributed by atoms with Crippen LogP contribution >= 0.6 is 0 Å². The molecule has 1 heterocycles. The lowest BCUT2D eigenvalue weighted by atomic mass is 9.96. The topological polar surface area (TPSA) is 101 Å². The van der Waals surface area contributed by atoms with Gasteiger partial charge in [-0.2, -0.15) is 0 Å². The lowest BCUT2D eigenvalue weighted by Crippen LogP contribution is -2.52. The highest BCUT2D eigenvalue weighted by atomic mass is 16.2. The second-order valence-corrected chi connectivity index (χ2v) is 3.92. The number of amides is 2. The minimum Gasteiger partial charge on any atom is -0.369 e. The van der Waals surface area contributed by atoms with Crippen LogP contribution in [0.1, 0.15) is 19.8 Å². The molecule has 0 aromatic heterocycles. The molecule has 15 heavy (non-hydrogen) atoms. The second-order valence-electron chi connectivity index (χ2n) is 3.92. The minimum atomic E-state index is -0.308. The second kappa shape index (κ2) is 5.09. The molecule has 1 rings (SSSR count). The smallest absolute Gasteiger partial charge is 0.250 e. The molecule has 1 aliphatic rings. The Labute approximate surface area is 88.9 Å². The standard InChI is InChI=1S/C9H18N4O2/c1-6(9(15)12-11)13-4-2-3-7(5-13)8(10)14/h6-7H,2-5,11H2,1H3,(H2,10,14)(H,12,15). The number of primary amides is 1. The normalized spacial score (nSPS) is 24.5. The largest absolute Gasteiger partial charge is 0.369 e. The zero-order valence-electron chi connectivity index (χ0n) is 8.90. The van der Waals surface area contributed by atoms with Crippen molar-refractivity contribution in [3.63, 3.8) is 0 Å². The Hall–Kier alpha value is -1.14. The summed E-state index contributed by atoms with van der Waals surface area (Å²) >= 11 is 0. The van der Waals surface area contributed by atoms with E-state index in [1.807, 2.05) is 4.90 Å². The van der Waals surface area contributed by atoms with Gasteiger partial charge in [-0.15, -0.1) is 0 Å². The van der Waals surface area contributed by atoms with Crippen LogP contribution in [-0.2, 0) is 9.59 Å². The Bertz CT molecular complexity index is 256. The van der Waals surface area contributed by atoms with Crippen LogP contribution in [0, 0.1) is 5.92 Å². The molecular weight excluding hydrogens is 196 g/mol. The van der Waals surface area contributed by atoms with E-state index in [1.165, 1.54) is 0 Å². The van der Waals surface area contributed by atoms with Gasteiger partial charge in [-0.25, -0.2) is 5.84 Å². The van der Waals surface area contributed by atoms with E-state index in [0.717, 1.165) is 19.4 Å². The molecule has 0 radical (unpaired) electrons. The van der Waals surface area contributed by atoms with Gasteiger partial charge in [-0.05, 0) is 26.3 Å². The van der Waals surface area contributed by atoms with Crippen LogP contribution in [0.4, 0.5) is 0 Å². The van der Waals surface area contributed by atoms with Crippen molar-refractivity contribution < 1.29 is 9.59 Å². The van der Waals surface area contributed by atoms with Gasteiger partial charge in [0.1, 0.15) is 0 Å². The van der Waals surface area contributed by atoms with E-state index in [-0.39, 0.29) is 23.8 Å². The van der Waals surface area contributed by atoms with Gasteiger partial charge < -0.3 is 5.73 Å². The molecule has 0 aromatic carbocycles. The molecule has 0 aliphatic carbocycles. The SMILES string of the molecule is CC(C(=O)NN)N1CCCC(C(N)=O)C1. The lowest BCUT2D eigenvalue weighted by molar-refractivity contribution is -0.129. The van der Waals surface area contributed by atoms with Gasteiger partial charge in [0.2, 0.25) is 5.91 Å². The molecule has 0 aromatic rings.